The first-order chi connectivity index (χ1) is 18.0. The monoisotopic (exact) mass is 538 g/mol. The first-order valence-electron chi connectivity index (χ1n) is 10.7. The van der Waals surface area contributed by atoms with Crippen LogP contribution in [0.3, 0.4) is 0 Å². The summed E-state index contributed by atoms with van der Waals surface area (Å²) < 4.78 is 83.0. The minimum absolute atomic E-state index is 0.380. The van der Waals surface area contributed by atoms with Gasteiger partial charge in [0, 0.05) is 0 Å². The fourth-order valence-electron chi connectivity index (χ4n) is 3.04. The molecule has 0 spiro atoms. The van der Waals surface area contributed by atoms with Crippen LogP contribution in [0, 0.1) is 29.1 Å². The largest absolute Gasteiger partial charge is 0.460 e. The molecule has 0 aromatic heterocycles. The third kappa shape index (κ3) is 5.79. The summed E-state index contributed by atoms with van der Waals surface area (Å²) in [5.74, 6) is -19.8. The normalized spacial score (nSPS) is 13.2. The van der Waals surface area contributed by atoms with Gasteiger partial charge >= 0.3 is 17.9 Å². The van der Waals surface area contributed by atoms with Gasteiger partial charge in [-0.15, -0.1) is 0 Å². The molecule has 0 amide bonds. The Balaban J connectivity index is 1.92. The molecule has 0 radical (unpaired) electrons. The number of benzene rings is 3. The van der Waals surface area contributed by atoms with Crippen LogP contribution in [0.25, 0.3) is 0 Å². The zero-order valence-electron chi connectivity index (χ0n) is 19.3. The van der Waals surface area contributed by atoms with E-state index in [4.69, 9.17) is 20.9 Å². The van der Waals surface area contributed by atoms with Gasteiger partial charge in [0.05, 0.1) is 0 Å². The Morgan fingerprint density at radius 3 is 1.58 bits per heavy atom. The highest BCUT2D eigenvalue weighted by atomic mass is 19.2. The van der Waals surface area contributed by atoms with Gasteiger partial charge in [-0.05, 0) is 11.1 Å². The van der Waals surface area contributed by atoms with E-state index in [1.165, 1.54) is 12.1 Å². The van der Waals surface area contributed by atoms with Gasteiger partial charge < -0.3 is 25.7 Å². The number of hydrogen-bond acceptors (Lipinski definition) is 8. The van der Waals surface area contributed by atoms with E-state index in [9.17, 15) is 36.3 Å². The Labute approximate surface area is 211 Å². The van der Waals surface area contributed by atoms with Crippen LogP contribution in [-0.2, 0) is 37.1 Å². The molecule has 0 bridgehead atoms. The number of nitrogens with two attached hydrogens (primary N) is 2. The van der Waals surface area contributed by atoms with Crippen molar-refractivity contribution in [2.24, 2.45) is 11.5 Å². The molecule has 0 fully saturated rings. The number of esters is 3. The molecular weight excluding hydrogens is 519 g/mol. The van der Waals surface area contributed by atoms with Gasteiger partial charge in [0.25, 0.3) is 0 Å². The lowest BCUT2D eigenvalue weighted by Gasteiger charge is -2.29. The van der Waals surface area contributed by atoms with Crippen molar-refractivity contribution >= 4 is 17.9 Å². The lowest BCUT2D eigenvalue weighted by Crippen LogP contribution is -2.70. The van der Waals surface area contributed by atoms with Gasteiger partial charge in [-0.1, -0.05) is 60.7 Å². The van der Waals surface area contributed by atoms with Crippen LogP contribution in [0.1, 0.15) is 11.1 Å². The SMILES string of the molecule is NC(C(=O)OCc1ccccc1)C(N)(C(=O)OCc1ccccc1)C(=O)Oc1c(F)c(F)c(F)c(F)c1F. The topological polar surface area (TPSA) is 131 Å². The first kappa shape index (κ1) is 28.2. The minimum Gasteiger partial charge on any atom is -0.460 e. The fraction of sp³-hybridized carbons (Fsp3) is 0.160. The summed E-state index contributed by atoms with van der Waals surface area (Å²) in [6.45, 7) is -0.880. The molecule has 3 aromatic carbocycles. The molecule has 4 N–H and O–H groups in total. The third-order valence-corrected chi connectivity index (χ3v) is 5.22. The molecule has 3 aromatic rings. The number of rotatable bonds is 9. The van der Waals surface area contributed by atoms with Crippen LogP contribution in [0.2, 0.25) is 0 Å². The number of carbonyl (C=O) groups excluding carboxylic acids is 3. The standard InChI is InChI=1S/C25H19F5N2O6/c26-15-16(27)18(29)20(19(30)17(15)28)38-24(35)25(32,23(34)37-12-14-9-5-2-6-10-14)21(31)22(33)36-11-13-7-3-1-4-8-13/h1-10,21H,11-12,31-32H2. The van der Waals surface area contributed by atoms with E-state index < -0.39 is 70.9 Å². The van der Waals surface area contributed by atoms with Crippen LogP contribution >= 0.6 is 0 Å². The maximum atomic E-state index is 14.1. The second kappa shape index (κ2) is 11.8. The number of carbonyl (C=O) groups is 3. The smallest absolute Gasteiger partial charge is 0.345 e. The van der Waals surface area contributed by atoms with Crippen LogP contribution in [0.4, 0.5) is 22.0 Å². The summed E-state index contributed by atoms with van der Waals surface area (Å²) in [7, 11) is 0. The average Bonchev–Trinajstić information content (AvgIpc) is 2.94. The van der Waals surface area contributed by atoms with Crippen LogP contribution in [0.15, 0.2) is 60.7 Å². The maximum Gasteiger partial charge on any atom is 0.345 e. The van der Waals surface area contributed by atoms with Crippen molar-refractivity contribution in [3.05, 3.63) is 101 Å². The van der Waals surface area contributed by atoms with Gasteiger partial charge in [-0.3, -0.25) is 4.79 Å². The van der Waals surface area contributed by atoms with Gasteiger partial charge in [0.1, 0.15) is 19.3 Å². The molecule has 0 saturated carbocycles. The van der Waals surface area contributed by atoms with Crippen molar-refractivity contribution in [2.45, 2.75) is 24.8 Å². The van der Waals surface area contributed by atoms with Crippen LogP contribution in [-0.4, -0.2) is 29.5 Å². The van der Waals surface area contributed by atoms with Crippen LogP contribution in [0.5, 0.6) is 5.75 Å². The molecule has 0 saturated heterocycles. The van der Waals surface area contributed by atoms with E-state index in [1.807, 2.05) is 0 Å². The molecule has 0 heterocycles. The molecule has 3 rings (SSSR count). The van der Waals surface area contributed by atoms with E-state index in [2.05, 4.69) is 4.74 Å². The fourth-order valence-corrected chi connectivity index (χ4v) is 3.04. The number of halogens is 5. The summed E-state index contributed by atoms with van der Waals surface area (Å²) in [6, 6.07) is 13.5. The summed E-state index contributed by atoms with van der Waals surface area (Å²) in [5, 5.41) is 0. The second-order valence-electron chi connectivity index (χ2n) is 7.79. The lowest BCUT2D eigenvalue weighted by molar-refractivity contribution is -0.168. The summed E-state index contributed by atoms with van der Waals surface area (Å²) in [5.41, 5.74) is 9.12. The third-order valence-electron chi connectivity index (χ3n) is 5.22. The molecule has 0 aliphatic carbocycles. The predicted octanol–water partition coefficient (Wildman–Crippen LogP) is 2.80. The minimum atomic E-state index is -3.34. The Morgan fingerprint density at radius 2 is 1.11 bits per heavy atom. The van der Waals surface area contributed by atoms with Gasteiger partial charge in [-0.25, -0.2) is 22.8 Å². The lowest BCUT2D eigenvalue weighted by atomic mass is 9.91. The van der Waals surface area contributed by atoms with E-state index in [0.29, 0.717) is 11.1 Å². The number of hydrogen-bond donors (Lipinski definition) is 2. The Bertz CT molecular complexity index is 1310. The van der Waals surface area contributed by atoms with Crippen LogP contribution < -0.4 is 16.2 Å². The van der Waals surface area contributed by atoms with Gasteiger partial charge in [0.2, 0.25) is 40.4 Å². The predicted molar refractivity (Wildman–Crippen MR) is 119 cm³/mol. The first-order valence-corrected chi connectivity index (χ1v) is 10.7. The van der Waals surface area contributed by atoms with E-state index >= 15 is 0 Å². The molecule has 2 atom stereocenters. The highest BCUT2D eigenvalue weighted by Gasteiger charge is 2.55. The maximum absolute atomic E-state index is 14.1. The molecule has 8 nitrogen and oxygen atoms in total. The average molecular weight is 538 g/mol. The Kier molecular flexibility index (Phi) is 8.76. The second-order valence-corrected chi connectivity index (χ2v) is 7.79. The molecule has 2 unspecified atom stereocenters. The van der Waals surface area contributed by atoms with E-state index in [0.717, 1.165) is 0 Å². The van der Waals surface area contributed by atoms with E-state index in [1.54, 1.807) is 48.5 Å². The zero-order chi connectivity index (χ0) is 28.0. The number of ether oxygens (including phenoxy) is 3. The zero-order valence-corrected chi connectivity index (χ0v) is 19.3. The molecule has 0 aliphatic heterocycles. The van der Waals surface area contributed by atoms with Gasteiger partial charge in [0.15, 0.2) is 0 Å². The highest BCUT2D eigenvalue weighted by molar-refractivity contribution is 6.10. The van der Waals surface area contributed by atoms with E-state index in [-0.39, 0.29) is 6.61 Å². The van der Waals surface area contributed by atoms with Crippen molar-refractivity contribution in [3.8, 4) is 5.75 Å². The molecule has 0 aliphatic rings. The summed E-state index contributed by atoms with van der Waals surface area (Å²) in [4.78, 5) is 38.5. The Morgan fingerprint density at radius 1 is 0.684 bits per heavy atom. The highest BCUT2D eigenvalue weighted by Crippen LogP contribution is 2.30. The van der Waals surface area contributed by atoms with Crippen molar-refractivity contribution < 1.29 is 50.5 Å². The molecule has 200 valence electrons. The Hall–Kier alpha value is -4.36. The van der Waals surface area contributed by atoms with Gasteiger partial charge in [-0.2, -0.15) is 8.78 Å². The summed E-state index contributed by atoms with van der Waals surface area (Å²) in [6.07, 6.45) is 0. The summed E-state index contributed by atoms with van der Waals surface area (Å²) >= 11 is 0. The van der Waals surface area contributed by atoms with Crippen molar-refractivity contribution in [3.63, 3.8) is 0 Å². The van der Waals surface area contributed by atoms with Crippen molar-refractivity contribution in [1.82, 2.24) is 0 Å². The molecular formula is C25H19F5N2O6. The van der Waals surface area contributed by atoms with Crippen molar-refractivity contribution in [2.75, 3.05) is 0 Å². The van der Waals surface area contributed by atoms with Crippen molar-refractivity contribution in [1.29, 1.82) is 0 Å². The quantitative estimate of drug-likeness (QED) is 0.106. The molecule has 13 heteroatoms. The molecule has 38 heavy (non-hydrogen) atoms.